The number of nitrogens with one attached hydrogen (secondary N) is 1. The number of nitrogens with zero attached hydrogens (tertiary/aromatic N) is 6. The zero-order valence-corrected chi connectivity index (χ0v) is 18.8. The van der Waals surface area contributed by atoms with Gasteiger partial charge in [-0.25, -0.2) is 21.0 Å². The quantitative estimate of drug-likeness (QED) is 0.588. The number of likely N-dealkylation sites (tertiary alicyclic amines) is 1. The van der Waals surface area contributed by atoms with Crippen LogP contribution in [0, 0.1) is 6.57 Å². The minimum atomic E-state index is -0.634. The van der Waals surface area contributed by atoms with Crippen molar-refractivity contribution in [2.45, 2.75) is 63.6 Å². The molecule has 5 rings (SSSR count). The fourth-order valence-electron chi connectivity index (χ4n) is 4.75. The molecule has 3 aromatic rings. The molecule has 0 bridgehead atoms. The van der Waals surface area contributed by atoms with Gasteiger partial charge in [0.25, 0.3) is 6.04 Å². The van der Waals surface area contributed by atoms with Crippen LogP contribution in [-0.2, 0) is 4.74 Å². The van der Waals surface area contributed by atoms with Gasteiger partial charge in [-0.15, -0.1) is 0 Å². The number of carbonyl (C=O) groups is 1. The van der Waals surface area contributed by atoms with Crippen LogP contribution in [0.4, 0.5) is 10.6 Å². The van der Waals surface area contributed by atoms with E-state index in [9.17, 15) is 4.79 Å². The Hall–Kier alpha value is -3.74. The molecule has 2 aliphatic heterocycles. The third-order valence-corrected chi connectivity index (χ3v) is 6.11. The number of piperidine rings is 1. The van der Waals surface area contributed by atoms with Crippen molar-refractivity contribution < 1.29 is 14.2 Å². The zero-order chi connectivity index (χ0) is 23.2. The second kappa shape index (κ2) is 7.99. The number of carbonyl (C=O) groups excluding carboxylic acids is 1. The van der Waals surface area contributed by atoms with Crippen molar-refractivity contribution in [2.24, 2.45) is 4.99 Å². The average molecular weight is 447 g/mol. The first-order valence-corrected chi connectivity index (χ1v) is 11.1. The third-order valence-electron chi connectivity index (χ3n) is 6.11. The van der Waals surface area contributed by atoms with Crippen LogP contribution >= 0.6 is 0 Å². The SMILES string of the molecule is [C-]#[N+]C1C(C2CCCCN2C(=O)OC(C)(C)C)=Nc2[nH]ncc2C1c1cccc2nonc12. The molecule has 2 aliphatic rings. The van der Waals surface area contributed by atoms with Gasteiger partial charge in [0.2, 0.25) is 0 Å². The molecular weight excluding hydrogens is 422 g/mol. The summed E-state index contributed by atoms with van der Waals surface area (Å²) in [7, 11) is 0. The Kier molecular flexibility index (Phi) is 5.12. The summed E-state index contributed by atoms with van der Waals surface area (Å²) >= 11 is 0. The van der Waals surface area contributed by atoms with Gasteiger partial charge in [0, 0.05) is 12.1 Å². The summed E-state index contributed by atoms with van der Waals surface area (Å²) in [4.78, 5) is 23.6. The summed E-state index contributed by atoms with van der Waals surface area (Å²) in [6.07, 6.45) is 3.87. The molecular formula is C23H25N7O3. The van der Waals surface area contributed by atoms with Crippen molar-refractivity contribution in [1.29, 1.82) is 0 Å². The standard InChI is InChI=1S/C23H25N7O3/c1-23(2,3)32-22(31)30-11-6-5-10-16(30)19-20(24-4)17(14-12-25-27-21(14)26-19)13-8-7-9-15-18(13)29-33-28-15/h7-9,12,16-17,20H,5-6,10-11H2,1-3H3,(H,25,27). The number of hydrogen-bond donors (Lipinski definition) is 1. The number of amides is 1. The van der Waals surface area contributed by atoms with Gasteiger partial charge in [-0.1, -0.05) is 12.1 Å². The van der Waals surface area contributed by atoms with Crippen LogP contribution in [0.1, 0.15) is 57.1 Å². The largest absolute Gasteiger partial charge is 0.444 e. The molecule has 1 fully saturated rings. The van der Waals surface area contributed by atoms with Crippen molar-refractivity contribution in [3.63, 3.8) is 0 Å². The molecule has 0 saturated carbocycles. The van der Waals surface area contributed by atoms with Gasteiger partial charge in [0.1, 0.15) is 22.3 Å². The third kappa shape index (κ3) is 3.73. The van der Waals surface area contributed by atoms with Crippen molar-refractivity contribution in [1.82, 2.24) is 25.4 Å². The Labute approximate surface area is 190 Å². The minimum Gasteiger partial charge on any atom is -0.444 e. The first-order valence-electron chi connectivity index (χ1n) is 11.1. The Morgan fingerprint density at radius 1 is 1.27 bits per heavy atom. The fraction of sp³-hybridized carbons (Fsp3) is 0.478. The first-order chi connectivity index (χ1) is 15.9. The van der Waals surface area contributed by atoms with E-state index in [1.54, 1.807) is 11.1 Å². The smallest absolute Gasteiger partial charge is 0.410 e. The van der Waals surface area contributed by atoms with Gasteiger partial charge < -0.3 is 9.58 Å². The van der Waals surface area contributed by atoms with Crippen LogP contribution in [0.2, 0.25) is 0 Å². The Morgan fingerprint density at radius 3 is 2.91 bits per heavy atom. The number of hydrogen-bond acceptors (Lipinski definition) is 7. The van der Waals surface area contributed by atoms with Gasteiger partial charge >= 0.3 is 6.09 Å². The Bertz CT molecular complexity index is 1260. The van der Waals surface area contributed by atoms with Crippen molar-refractivity contribution in [3.05, 3.63) is 46.9 Å². The highest BCUT2D eigenvalue weighted by atomic mass is 16.6. The lowest BCUT2D eigenvalue weighted by Gasteiger charge is -2.38. The summed E-state index contributed by atoms with van der Waals surface area (Å²) in [6, 6.07) is 4.66. The van der Waals surface area contributed by atoms with Crippen molar-refractivity contribution in [3.8, 4) is 0 Å². The molecule has 3 unspecified atom stereocenters. The lowest BCUT2D eigenvalue weighted by Crippen LogP contribution is -2.53. The minimum absolute atomic E-state index is 0.332. The van der Waals surface area contributed by atoms with E-state index < -0.39 is 11.6 Å². The van der Waals surface area contributed by atoms with E-state index >= 15 is 0 Å². The molecule has 2 aromatic heterocycles. The molecule has 170 valence electrons. The van der Waals surface area contributed by atoms with Gasteiger partial charge in [0.15, 0.2) is 5.82 Å². The molecule has 0 aliphatic carbocycles. The number of benzene rings is 1. The topological polar surface area (TPSA) is 114 Å². The maximum absolute atomic E-state index is 13.1. The summed E-state index contributed by atoms with van der Waals surface area (Å²) in [5, 5.41) is 15.2. The highest BCUT2D eigenvalue weighted by Gasteiger charge is 2.47. The normalized spacial score (nSPS) is 23.0. The lowest BCUT2D eigenvalue weighted by atomic mass is 9.78. The summed E-state index contributed by atoms with van der Waals surface area (Å²) < 4.78 is 10.7. The molecule has 1 N–H and O–H groups in total. The zero-order valence-electron chi connectivity index (χ0n) is 18.8. The summed E-state index contributed by atoms with van der Waals surface area (Å²) in [5.74, 6) is 0.222. The monoisotopic (exact) mass is 447 g/mol. The van der Waals surface area contributed by atoms with E-state index in [0.717, 1.165) is 30.4 Å². The van der Waals surface area contributed by atoms with E-state index in [2.05, 4.69) is 25.4 Å². The number of aromatic nitrogens is 4. The predicted molar refractivity (Wildman–Crippen MR) is 120 cm³/mol. The number of ether oxygens (including phenoxy) is 1. The van der Waals surface area contributed by atoms with E-state index in [1.165, 1.54) is 0 Å². The number of H-pyrrole nitrogens is 1. The highest BCUT2D eigenvalue weighted by Crippen LogP contribution is 2.43. The van der Waals surface area contributed by atoms with Crippen LogP contribution < -0.4 is 0 Å². The van der Waals surface area contributed by atoms with Gasteiger partial charge in [-0.05, 0) is 62.0 Å². The number of rotatable bonds is 2. The molecule has 33 heavy (non-hydrogen) atoms. The molecule has 1 amide bonds. The summed E-state index contributed by atoms with van der Waals surface area (Å²) in [6.45, 7) is 14.2. The molecule has 0 spiro atoms. The fourth-order valence-corrected chi connectivity index (χ4v) is 4.75. The van der Waals surface area contributed by atoms with Gasteiger partial charge in [-0.2, -0.15) is 5.10 Å². The maximum atomic E-state index is 13.1. The van der Waals surface area contributed by atoms with Crippen LogP contribution in [0.3, 0.4) is 0 Å². The second-order valence-corrected chi connectivity index (χ2v) is 9.43. The number of aromatic amines is 1. The van der Waals surface area contributed by atoms with E-state index in [4.69, 9.17) is 20.9 Å². The predicted octanol–water partition coefficient (Wildman–Crippen LogP) is 4.24. The first kappa shape index (κ1) is 21.1. The molecule has 1 aromatic carbocycles. The Balaban J connectivity index is 1.60. The van der Waals surface area contributed by atoms with Crippen molar-refractivity contribution in [2.75, 3.05) is 6.54 Å². The van der Waals surface area contributed by atoms with Crippen LogP contribution in [0.5, 0.6) is 0 Å². The van der Waals surface area contributed by atoms with E-state index in [0.29, 0.717) is 29.1 Å². The number of aliphatic imine (C=N–C) groups is 1. The molecule has 4 heterocycles. The second-order valence-electron chi connectivity index (χ2n) is 9.43. The molecule has 3 atom stereocenters. The van der Waals surface area contributed by atoms with Gasteiger partial charge in [0.05, 0.1) is 18.2 Å². The van der Waals surface area contributed by atoms with Gasteiger partial charge in [-0.3, -0.25) is 10.00 Å². The Morgan fingerprint density at radius 2 is 2.12 bits per heavy atom. The average Bonchev–Trinajstić information content (AvgIpc) is 3.45. The molecule has 0 radical (unpaired) electrons. The van der Waals surface area contributed by atoms with Crippen LogP contribution in [0.15, 0.2) is 34.0 Å². The molecule has 1 saturated heterocycles. The summed E-state index contributed by atoms with van der Waals surface area (Å²) in [5.41, 5.74) is 2.90. The van der Waals surface area contributed by atoms with E-state index in [-0.39, 0.29) is 18.1 Å². The van der Waals surface area contributed by atoms with E-state index in [1.807, 2.05) is 39.0 Å². The number of fused-ring (bicyclic) bond motifs is 2. The van der Waals surface area contributed by atoms with Crippen LogP contribution in [-0.4, -0.2) is 61.4 Å². The molecule has 10 nitrogen and oxygen atoms in total. The molecule has 10 heteroatoms. The van der Waals surface area contributed by atoms with Crippen LogP contribution in [0.25, 0.3) is 15.9 Å². The highest BCUT2D eigenvalue weighted by molar-refractivity contribution is 6.02. The maximum Gasteiger partial charge on any atom is 0.410 e. The lowest BCUT2D eigenvalue weighted by molar-refractivity contribution is 0.0165. The van der Waals surface area contributed by atoms with Crippen molar-refractivity contribution >= 4 is 28.7 Å².